The first kappa shape index (κ1) is 7.63. The van der Waals surface area contributed by atoms with Crippen LogP contribution in [-0.2, 0) is 6.42 Å². The molecular weight excluding hydrogens is 217 g/mol. The minimum absolute atomic E-state index is 0.353. The first-order valence-corrected chi connectivity index (χ1v) is 8.50. The molecule has 1 aliphatic heterocycles. The molecule has 1 aromatic rings. The molecule has 0 radical (unpaired) electrons. The SMILES string of the molecule is C1=CC2=[C](Cc3ccccc32)[GeH2][CH2]1. The third kappa shape index (κ3) is 1.12. The number of rotatable bonds is 0. The van der Waals surface area contributed by atoms with Gasteiger partial charge < -0.3 is 0 Å². The molecule has 0 aromatic heterocycles. The van der Waals surface area contributed by atoms with Crippen molar-refractivity contribution in [3.05, 3.63) is 52.0 Å². The van der Waals surface area contributed by atoms with Crippen LogP contribution in [-0.4, -0.2) is 15.4 Å². The monoisotopic (exact) mass is 230 g/mol. The van der Waals surface area contributed by atoms with E-state index in [0.717, 1.165) is 0 Å². The van der Waals surface area contributed by atoms with Crippen molar-refractivity contribution in [1.29, 1.82) is 0 Å². The van der Waals surface area contributed by atoms with Gasteiger partial charge in [-0.1, -0.05) is 0 Å². The van der Waals surface area contributed by atoms with Gasteiger partial charge in [-0.15, -0.1) is 0 Å². The summed E-state index contributed by atoms with van der Waals surface area (Å²) in [5.74, 6) is 0. The van der Waals surface area contributed by atoms with Crippen LogP contribution in [0.4, 0.5) is 0 Å². The van der Waals surface area contributed by atoms with Crippen LogP contribution in [0.15, 0.2) is 40.8 Å². The van der Waals surface area contributed by atoms with Crippen molar-refractivity contribution < 1.29 is 0 Å². The van der Waals surface area contributed by atoms with Gasteiger partial charge in [0.25, 0.3) is 0 Å². The molecule has 0 saturated carbocycles. The Morgan fingerprint density at radius 1 is 1.15 bits per heavy atom. The molecule has 0 saturated heterocycles. The summed E-state index contributed by atoms with van der Waals surface area (Å²) in [6, 6.07) is 8.87. The number of benzene rings is 1. The van der Waals surface area contributed by atoms with Gasteiger partial charge in [-0.3, -0.25) is 0 Å². The van der Waals surface area contributed by atoms with Gasteiger partial charge in [0.2, 0.25) is 0 Å². The average Bonchev–Trinajstić information content (AvgIpc) is 2.56. The Morgan fingerprint density at radius 3 is 3.08 bits per heavy atom. The molecule has 1 aromatic carbocycles. The molecular formula is C12H12Ge. The zero-order valence-electron chi connectivity index (χ0n) is 7.59. The van der Waals surface area contributed by atoms with Crippen LogP contribution in [0.25, 0.3) is 5.57 Å². The topological polar surface area (TPSA) is 0 Å². The minimum atomic E-state index is -0.353. The summed E-state index contributed by atoms with van der Waals surface area (Å²) < 4.78 is 1.83. The predicted octanol–water partition coefficient (Wildman–Crippen LogP) is 2.11. The van der Waals surface area contributed by atoms with E-state index in [2.05, 4.69) is 36.4 Å². The van der Waals surface area contributed by atoms with Crippen LogP contribution >= 0.6 is 0 Å². The molecule has 0 amide bonds. The van der Waals surface area contributed by atoms with Crippen molar-refractivity contribution in [3.8, 4) is 0 Å². The summed E-state index contributed by atoms with van der Waals surface area (Å²) in [6.07, 6.45) is 5.99. The molecule has 1 aliphatic carbocycles. The second-order valence-corrected chi connectivity index (χ2v) is 7.84. The first-order valence-electron chi connectivity index (χ1n) is 4.92. The standard InChI is InChI=1S/C12H12Ge/c1-2-5-10-9(4-1)8-12-11(10)6-3-7-13-12/h1-6H,7-8,13H2. The van der Waals surface area contributed by atoms with Crippen LogP contribution in [0.1, 0.15) is 11.1 Å². The second-order valence-electron chi connectivity index (χ2n) is 3.79. The molecule has 2 aliphatic rings. The van der Waals surface area contributed by atoms with Gasteiger partial charge in [0.05, 0.1) is 0 Å². The van der Waals surface area contributed by atoms with Crippen LogP contribution in [0, 0.1) is 0 Å². The number of fused-ring (bicyclic) bond motifs is 2. The van der Waals surface area contributed by atoms with Gasteiger partial charge in [0.1, 0.15) is 0 Å². The van der Waals surface area contributed by atoms with Crippen molar-refractivity contribution in [1.82, 2.24) is 0 Å². The quantitative estimate of drug-likeness (QED) is 0.597. The molecule has 0 atom stereocenters. The fourth-order valence-corrected chi connectivity index (χ4v) is 5.92. The molecule has 1 heterocycles. The van der Waals surface area contributed by atoms with E-state index < -0.39 is 0 Å². The summed E-state index contributed by atoms with van der Waals surface area (Å²) in [7, 11) is 0. The van der Waals surface area contributed by atoms with Crippen molar-refractivity contribution in [2.45, 2.75) is 11.7 Å². The molecule has 3 rings (SSSR count). The van der Waals surface area contributed by atoms with E-state index >= 15 is 0 Å². The molecule has 0 N–H and O–H groups in total. The second kappa shape index (κ2) is 2.88. The number of allylic oxidation sites excluding steroid dienone is 4. The van der Waals surface area contributed by atoms with Gasteiger partial charge in [0.15, 0.2) is 0 Å². The van der Waals surface area contributed by atoms with Gasteiger partial charge in [-0.25, -0.2) is 0 Å². The molecule has 0 unspecified atom stereocenters. The van der Waals surface area contributed by atoms with Crippen molar-refractivity contribution in [3.63, 3.8) is 0 Å². The van der Waals surface area contributed by atoms with Gasteiger partial charge in [-0.2, -0.15) is 0 Å². The van der Waals surface area contributed by atoms with Crippen molar-refractivity contribution in [2.75, 3.05) is 0 Å². The number of hydrogen-bond donors (Lipinski definition) is 0. The Labute approximate surface area is 84.8 Å². The molecule has 0 fully saturated rings. The van der Waals surface area contributed by atoms with E-state index in [1.54, 1.807) is 11.1 Å². The molecule has 1 heteroatoms. The van der Waals surface area contributed by atoms with Crippen molar-refractivity contribution in [2.24, 2.45) is 0 Å². The van der Waals surface area contributed by atoms with Crippen molar-refractivity contribution >= 4 is 21.0 Å². The molecule has 0 bridgehead atoms. The fourth-order valence-electron chi connectivity index (χ4n) is 2.34. The van der Waals surface area contributed by atoms with Crippen LogP contribution in [0.3, 0.4) is 0 Å². The van der Waals surface area contributed by atoms with E-state index in [0.29, 0.717) is 0 Å². The maximum atomic E-state index is 2.38. The Morgan fingerprint density at radius 2 is 2.08 bits per heavy atom. The third-order valence-corrected chi connectivity index (χ3v) is 6.88. The third-order valence-electron chi connectivity index (χ3n) is 2.99. The predicted molar refractivity (Wildman–Crippen MR) is 59.6 cm³/mol. The Bertz CT molecular complexity index is 413. The molecule has 0 nitrogen and oxygen atoms in total. The fraction of sp³-hybridized carbons (Fsp3) is 0.167. The van der Waals surface area contributed by atoms with E-state index in [1.807, 2.05) is 4.41 Å². The maximum absolute atomic E-state index is 2.38. The summed E-state index contributed by atoms with van der Waals surface area (Å²) >= 11 is -0.353. The summed E-state index contributed by atoms with van der Waals surface area (Å²) in [5, 5.41) is 1.42. The molecule has 64 valence electrons. The Balaban J connectivity index is 2.18. The van der Waals surface area contributed by atoms with E-state index in [-0.39, 0.29) is 15.4 Å². The van der Waals surface area contributed by atoms with Gasteiger partial charge in [-0.05, 0) is 0 Å². The van der Waals surface area contributed by atoms with Gasteiger partial charge >= 0.3 is 84.6 Å². The van der Waals surface area contributed by atoms with E-state index in [9.17, 15) is 0 Å². The van der Waals surface area contributed by atoms with Gasteiger partial charge in [0, 0.05) is 0 Å². The number of hydrogen-bond acceptors (Lipinski definition) is 0. The zero-order valence-corrected chi connectivity index (χ0v) is 10.6. The summed E-state index contributed by atoms with van der Waals surface area (Å²) in [5.41, 5.74) is 4.66. The zero-order chi connectivity index (χ0) is 8.67. The van der Waals surface area contributed by atoms with Crippen LogP contribution in [0.2, 0.25) is 5.25 Å². The van der Waals surface area contributed by atoms with Crippen LogP contribution in [0.5, 0.6) is 0 Å². The Kier molecular flexibility index (Phi) is 1.69. The first-order chi connectivity index (χ1) is 6.45. The molecule has 0 spiro atoms. The van der Waals surface area contributed by atoms with E-state index in [1.165, 1.54) is 17.2 Å². The van der Waals surface area contributed by atoms with Crippen LogP contribution < -0.4 is 0 Å². The Hall–Kier alpha value is -0.757. The van der Waals surface area contributed by atoms with E-state index in [4.69, 9.17) is 0 Å². The summed E-state index contributed by atoms with van der Waals surface area (Å²) in [4.78, 5) is 0. The normalized spacial score (nSPS) is 20.6. The summed E-state index contributed by atoms with van der Waals surface area (Å²) in [6.45, 7) is 0. The molecule has 13 heavy (non-hydrogen) atoms. The average molecular weight is 229 g/mol.